The molecule has 0 fully saturated rings. The molecule has 0 aromatic carbocycles. The third-order valence-electron chi connectivity index (χ3n) is 3.49. The van der Waals surface area contributed by atoms with Crippen LogP contribution in [0.25, 0.3) is 0 Å². The summed E-state index contributed by atoms with van der Waals surface area (Å²) in [6.45, 7) is 11.1. The molecule has 0 aliphatic rings. The molecule has 0 atom stereocenters. The maximum atomic E-state index is 4.46. The summed E-state index contributed by atoms with van der Waals surface area (Å²) in [4.78, 5) is 6.50. The smallest absolute Gasteiger partial charge is 0.191 e. The van der Waals surface area contributed by atoms with Crippen molar-refractivity contribution in [1.29, 1.82) is 0 Å². The van der Waals surface area contributed by atoms with Crippen LogP contribution in [0, 0.1) is 13.8 Å². The predicted octanol–water partition coefficient (Wildman–Crippen LogP) is 1.01. The van der Waals surface area contributed by atoms with Crippen molar-refractivity contribution in [3.8, 4) is 0 Å². The molecule has 1 aromatic rings. The minimum atomic E-state index is 0.868. The number of hydrogen-bond donors (Lipinski definition) is 2. The highest BCUT2D eigenvalue weighted by Gasteiger charge is 2.01. The highest BCUT2D eigenvalue weighted by Crippen LogP contribution is 2.02. The summed E-state index contributed by atoms with van der Waals surface area (Å²) in [5, 5.41) is 11.1. The van der Waals surface area contributed by atoms with Crippen LogP contribution in [0.2, 0.25) is 0 Å². The second kappa shape index (κ2) is 9.39. The molecule has 6 nitrogen and oxygen atoms in total. The first-order valence-corrected chi connectivity index (χ1v) is 7.71. The first-order valence-electron chi connectivity index (χ1n) is 7.71. The number of aliphatic imine (C=N–C) groups is 1. The van der Waals surface area contributed by atoms with Crippen molar-refractivity contribution in [2.75, 3.05) is 40.3 Å². The normalized spacial score (nSPS) is 12.0. The van der Waals surface area contributed by atoms with E-state index in [0.717, 1.165) is 50.8 Å². The lowest BCUT2D eigenvalue weighted by molar-refractivity contribution is 0.357. The van der Waals surface area contributed by atoms with Gasteiger partial charge in [0.1, 0.15) is 0 Å². The Morgan fingerprint density at radius 2 is 2.05 bits per heavy atom. The number of rotatable bonds is 8. The van der Waals surface area contributed by atoms with Crippen LogP contribution in [0.5, 0.6) is 0 Å². The summed E-state index contributed by atoms with van der Waals surface area (Å²) in [5.41, 5.74) is 2.30. The van der Waals surface area contributed by atoms with Gasteiger partial charge >= 0.3 is 0 Å². The van der Waals surface area contributed by atoms with E-state index in [1.54, 1.807) is 7.05 Å². The van der Waals surface area contributed by atoms with Crippen LogP contribution in [0.4, 0.5) is 0 Å². The summed E-state index contributed by atoms with van der Waals surface area (Å²) >= 11 is 0. The van der Waals surface area contributed by atoms with Gasteiger partial charge in [-0.25, -0.2) is 0 Å². The Labute approximate surface area is 128 Å². The van der Waals surface area contributed by atoms with Crippen LogP contribution < -0.4 is 10.6 Å². The van der Waals surface area contributed by atoms with Crippen LogP contribution in [0.1, 0.15) is 24.7 Å². The molecule has 1 aromatic heterocycles. The van der Waals surface area contributed by atoms with Crippen molar-refractivity contribution >= 4 is 5.96 Å². The van der Waals surface area contributed by atoms with E-state index < -0.39 is 0 Å². The molecule has 0 aliphatic heterocycles. The van der Waals surface area contributed by atoms with E-state index in [-0.39, 0.29) is 0 Å². The topological polar surface area (TPSA) is 57.5 Å². The SMILES string of the molecule is CCN(C)CCNC(=NC)NCCCn1nc(C)cc1C. The molecule has 0 saturated carbocycles. The Kier molecular flexibility index (Phi) is 7.82. The molecular weight excluding hydrogens is 264 g/mol. The number of nitrogens with one attached hydrogen (secondary N) is 2. The monoisotopic (exact) mass is 294 g/mol. The van der Waals surface area contributed by atoms with Crippen LogP contribution in [-0.4, -0.2) is 60.9 Å². The van der Waals surface area contributed by atoms with Crippen molar-refractivity contribution in [3.63, 3.8) is 0 Å². The molecule has 0 radical (unpaired) electrons. The van der Waals surface area contributed by atoms with E-state index in [2.05, 4.69) is 57.3 Å². The van der Waals surface area contributed by atoms with Gasteiger partial charge in [-0.05, 0) is 39.9 Å². The molecule has 0 bridgehead atoms. The third kappa shape index (κ3) is 6.62. The van der Waals surface area contributed by atoms with E-state index in [0.29, 0.717) is 0 Å². The molecule has 2 N–H and O–H groups in total. The summed E-state index contributed by atoms with van der Waals surface area (Å²) < 4.78 is 2.06. The molecule has 0 amide bonds. The van der Waals surface area contributed by atoms with Crippen LogP contribution >= 0.6 is 0 Å². The Hall–Kier alpha value is -1.56. The van der Waals surface area contributed by atoms with Gasteiger partial charge in [-0.3, -0.25) is 9.67 Å². The molecule has 1 heterocycles. The molecule has 1 rings (SSSR count). The molecule has 0 saturated heterocycles. The fraction of sp³-hybridized carbons (Fsp3) is 0.733. The molecule has 120 valence electrons. The van der Waals surface area contributed by atoms with Gasteiger partial charge < -0.3 is 15.5 Å². The number of aromatic nitrogens is 2. The van der Waals surface area contributed by atoms with Gasteiger partial charge in [0, 0.05) is 38.9 Å². The van der Waals surface area contributed by atoms with E-state index >= 15 is 0 Å². The van der Waals surface area contributed by atoms with Gasteiger partial charge in [0.25, 0.3) is 0 Å². The summed E-state index contributed by atoms with van der Waals surface area (Å²) in [7, 11) is 3.92. The van der Waals surface area contributed by atoms with Crippen molar-refractivity contribution in [1.82, 2.24) is 25.3 Å². The minimum absolute atomic E-state index is 0.868. The molecule has 21 heavy (non-hydrogen) atoms. The summed E-state index contributed by atoms with van der Waals surface area (Å²) in [5.74, 6) is 0.868. The summed E-state index contributed by atoms with van der Waals surface area (Å²) in [6.07, 6.45) is 1.03. The van der Waals surface area contributed by atoms with Crippen molar-refractivity contribution in [2.24, 2.45) is 4.99 Å². The van der Waals surface area contributed by atoms with Crippen molar-refractivity contribution in [2.45, 2.75) is 33.7 Å². The lowest BCUT2D eigenvalue weighted by atomic mass is 10.4. The largest absolute Gasteiger partial charge is 0.356 e. The molecule has 0 unspecified atom stereocenters. The minimum Gasteiger partial charge on any atom is -0.356 e. The van der Waals surface area contributed by atoms with Gasteiger partial charge in [-0.2, -0.15) is 5.10 Å². The summed E-state index contributed by atoms with van der Waals surface area (Å²) in [6, 6.07) is 2.11. The van der Waals surface area contributed by atoms with Gasteiger partial charge in [0.15, 0.2) is 5.96 Å². The number of likely N-dealkylation sites (N-methyl/N-ethyl adjacent to an activating group) is 1. The zero-order chi connectivity index (χ0) is 15.7. The first kappa shape index (κ1) is 17.5. The lowest BCUT2D eigenvalue weighted by Crippen LogP contribution is -2.41. The fourth-order valence-corrected chi connectivity index (χ4v) is 2.08. The van der Waals surface area contributed by atoms with Crippen LogP contribution in [0.3, 0.4) is 0 Å². The van der Waals surface area contributed by atoms with Crippen LogP contribution in [0.15, 0.2) is 11.1 Å². The maximum Gasteiger partial charge on any atom is 0.191 e. The molecular formula is C15H30N6. The lowest BCUT2D eigenvalue weighted by Gasteiger charge is -2.16. The second-order valence-corrected chi connectivity index (χ2v) is 5.33. The number of nitrogens with zero attached hydrogens (tertiary/aromatic N) is 4. The Morgan fingerprint density at radius 1 is 1.33 bits per heavy atom. The second-order valence-electron chi connectivity index (χ2n) is 5.33. The maximum absolute atomic E-state index is 4.46. The van der Waals surface area contributed by atoms with Gasteiger partial charge in [-0.1, -0.05) is 6.92 Å². The average Bonchev–Trinajstić information content (AvgIpc) is 2.79. The van der Waals surface area contributed by atoms with Crippen molar-refractivity contribution in [3.05, 3.63) is 17.5 Å². The Balaban J connectivity index is 2.19. The average molecular weight is 294 g/mol. The van der Waals surface area contributed by atoms with E-state index in [1.807, 2.05) is 6.92 Å². The van der Waals surface area contributed by atoms with Crippen LogP contribution in [-0.2, 0) is 6.54 Å². The number of aryl methyl sites for hydroxylation is 3. The fourth-order valence-electron chi connectivity index (χ4n) is 2.08. The molecule has 0 spiro atoms. The highest BCUT2D eigenvalue weighted by atomic mass is 15.3. The Morgan fingerprint density at radius 3 is 2.62 bits per heavy atom. The van der Waals surface area contributed by atoms with Crippen molar-refractivity contribution < 1.29 is 0 Å². The third-order valence-corrected chi connectivity index (χ3v) is 3.49. The van der Waals surface area contributed by atoms with E-state index in [1.165, 1.54) is 5.69 Å². The first-order chi connectivity index (χ1) is 10.1. The quantitative estimate of drug-likeness (QED) is 0.427. The van der Waals surface area contributed by atoms with Gasteiger partial charge in [0.2, 0.25) is 0 Å². The highest BCUT2D eigenvalue weighted by molar-refractivity contribution is 5.79. The van der Waals surface area contributed by atoms with E-state index in [4.69, 9.17) is 0 Å². The van der Waals surface area contributed by atoms with Gasteiger partial charge in [-0.15, -0.1) is 0 Å². The molecule has 0 aliphatic carbocycles. The molecule has 6 heteroatoms. The Bertz CT molecular complexity index is 437. The zero-order valence-corrected chi connectivity index (χ0v) is 14.1. The standard InChI is InChI=1S/C15H30N6/c1-6-20(5)11-9-18-15(16-4)17-8-7-10-21-14(3)12-13(2)19-21/h12H,6-11H2,1-5H3,(H2,16,17,18). The number of guanidine groups is 1. The van der Waals surface area contributed by atoms with E-state index in [9.17, 15) is 0 Å². The number of hydrogen-bond acceptors (Lipinski definition) is 3. The van der Waals surface area contributed by atoms with Gasteiger partial charge in [0.05, 0.1) is 5.69 Å². The predicted molar refractivity (Wildman–Crippen MR) is 88.9 cm³/mol. The zero-order valence-electron chi connectivity index (χ0n) is 14.1.